The van der Waals surface area contributed by atoms with Crippen molar-refractivity contribution in [2.24, 2.45) is 5.92 Å². The Morgan fingerprint density at radius 1 is 1.31 bits per heavy atom. The molecule has 0 heterocycles. The summed E-state index contributed by atoms with van der Waals surface area (Å²) in [5.41, 5.74) is 2.75. The second-order valence-electron chi connectivity index (χ2n) is 3.89. The van der Waals surface area contributed by atoms with Gasteiger partial charge in [0.1, 0.15) is 5.75 Å². The van der Waals surface area contributed by atoms with Crippen molar-refractivity contribution < 1.29 is 4.74 Å². The summed E-state index contributed by atoms with van der Waals surface area (Å²) in [5.74, 6) is 1.66. The quantitative estimate of drug-likeness (QED) is 0.690. The van der Waals surface area contributed by atoms with Crippen molar-refractivity contribution in [1.82, 2.24) is 0 Å². The van der Waals surface area contributed by atoms with Gasteiger partial charge in [-0.15, -0.1) is 0 Å². The minimum Gasteiger partial charge on any atom is -0.497 e. The van der Waals surface area contributed by atoms with Crippen molar-refractivity contribution >= 4 is 0 Å². The third-order valence-corrected chi connectivity index (χ3v) is 2.18. The lowest BCUT2D eigenvalue weighted by atomic mass is 9.98. The van der Waals surface area contributed by atoms with E-state index in [9.17, 15) is 0 Å². The average molecular weight is 178 g/mol. The fourth-order valence-corrected chi connectivity index (χ4v) is 1.43. The van der Waals surface area contributed by atoms with Crippen LogP contribution >= 0.6 is 0 Å². The van der Waals surface area contributed by atoms with Crippen LogP contribution in [0.3, 0.4) is 0 Å². The molecule has 0 amide bonds. The van der Waals surface area contributed by atoms with E-state index in [0.29, 0.717) is 5.92 Å². The minimum absolute atomic E-state index is 0.700. The van der Waals surface area contributed by atoms with Gasteiger partial charge in [-0.2, -0.15) is 0 Å². The Bertz CT molecular complexity index is 276. The van der Waals surface area contributed by atoms with Crippen LogP contribution in [-0.4, -0.2) is 7.11 Å². The molecule has 0 bridgehead atoms. The highest BCUT2D eigenvalue weighted by molar-refractivity contribution is 5.35. The van der Waals surface area contributed by atoms with Gasteiger partial charge in [0, 0.05) is 0 Å². The summed E-state index contributed by atoms with van der Waals surface area (Å²) in [7, 11) is 1.71. The number of hydrogen-bond acceptors (Lipinski definition) is 1. The first kappa shape index (κ1) is 10.1. The summed E-state index contributed by atoms with van der Waals surface area (Å²) < 4.78 is 5.19. The SMILES string of the molecule is COc1ccc(C)c(CC(C)C)c1. The molecule has 0 aliphatic heterocycles. The topological polar surface area (TPSA) is 9.23 Å². The predicted octanol–water partition coefficient (Wildman–Crippen LogP) is 3.20. The molecule has 1 heteroatoms. The maximum atomic E-state index is 5.19. The van der Waals surface area contributed by atoms with E-state index >= 15 is 0 Å². The first-order valence-corrected chi connectivity index (χ1v) is 4.77. The van der Waals surface area contributed by atoms with Crippen molar-refractivity contribution in [1.29, 1.82) is 0 Å². The van der Waals surface area contributed by atoms with Gasteiger partial charge in [0.05, 0.1) is 7.11 Å². The Kier molecular flexibility index (Phi) is 3.35. The molecule has 0 aliphatic rings. The molecule has 0 unspecified atom stereocenters. The van der Waals surface area contributed by atoms with Gasteiger partial charge in [-0.3, -0.25) is 0 Å². The zero-order valence-corrected chi connectivity index (χ0v) is 8.92. The molecule has 1 rings (SSSR count). The van der Waals surface area contributed by atoms with E-state index in [2.05, 4.69) is 32.9 Å². The summed E-state index contributed by atoms with van der Waals surface area (Å²) in [5, 5.41) is 0. The van der Waals surface area contributed by atoms with E-state index in [4.69, 9.17) is 4.74 Å². The Morgan fingerprint density at radius 2 is 2.00 bits per heavy atom. The van der Waals surface area contributed by atoms with Crippen LogP contribution in [0.5, 0.6) is 5.75 Å². The fraction of sp³-hybridized carbons (Fsp3) is 0.500. The van der Waals surface area contributed by atoms with E-state index in [-0.39, 0.29) is 0 Å². The lowest BCUT2D eigenvalue weighted by Crippen LogP contribution is -1.97. The third-order valence-electron chi connectivity index (χ3n) is 2.18. The molecule has 1 nitrogen and oxygen atoms in total. The number of benzene rings is 1. The van der Waals surface area contributed by atoms with Gasteiger partial charge in [0.15, 0.2) is 0 Å². The fourth-order valence-electron chi connectivity index (χ4n) is 1.43. The average Bonchev–Trinajstić information content (AvgIpc) is 2.08. The molecular formula is C12H18O. The molecule has 13 heavy (non-hydrogen) atoms. The van der Waals surface area contributed by atoms with Crippen LogP contribution in [-0.2, 0) is 6.42 Å². The van der Waals surface area contributed by atoms with Crippen LogP contribution in [0.15, 0.2) is 18.2 Å². The highest BCUT2D eigenvalue weighted by Crippen LogP contribution is 2.19. The van der Waals surface area contributed by atoms with Gasteiger partial charge in [-0.25, -0.2) is 0 Å². The van der Waals surface area contributed by atoms with Crippen molar-refractivity contribution in [3.63, 3.8) is 0 Å². The second-order valence-corrected chi connectivity index (χ2v) is 3.89. The van der Waals surface area contributed by atoms with Gasteiger partial charge in [0.25, 0.3) is 0 Å². The maximum absolute atomic E-state index is 5.19. The van der Waals surface area contributed by atoms with Crippen molar-refractivity contribution in [2.45, 2.75) is 27.2 Å². The zero-order valence-electron chi connectivity index (χ0n) is 8.92. The number of ether oxygens (including phenoxy) is 1. The lowest BCUT2D eigenvalue weighted by Gasteiger charge is -2.10. The highest BCUT2D eigenvalue weighted by Gasteiger charge is 2.02. The van der Waals surface area contributed by atoms with E-state index in [1.807, 2.05) is 6.07 Å². The molecule has 0 atom stereocenters. The normalized spacial score (nSPS) is 10.5. The first-order chi connectivity index (χ1) is 6.13. The molecule has 0 saturated heterocycles. The minimum atomic E-state index is 0.700. The monoisotopic (exact) mass is 178 g/mol. The summed E-state index contributed by atoms with van der Waals surface area (Å²) >= 11 is 0. The molecule has 72 valence electrons. The Balaban J connectivity index is 2.90. The molecule has 1 aromatic rings. The van der Waals surface area contributed by atoms with Gasteiger partial charge in [-0.1, -0.05) is 19.9 Å². The van der Waals surface area contributed by atoms with E-state index in [0.717, 1.165) is 12.2 Å². The molecule has 0 fully saturated rings. The smallest absolute Gasteiger partial charge is 0.119 e. The molecule has 0 aromatic heterocycles. The Morgan fingerprint density at radius 3 is 2.54 bits per heavy atom. The Hall–Kier alpha value is -0.980. The van der Waals surface area contributed by atoms with Gasteiger partial charge < -0.3 is 4.74 Å². The Labute approximate surface area is 80.7 Å². The van der Waals surface area contributed by atoms with Gasteiger partial charge in [-0.05, 0) is 42.5 Å². The molecule has 0 N–H and O–H groups in total. The van der Waals surface area contributed by atoms with E-state index < -0.39 is 0 Å². The summed E-state index contributed by atoms with van der Waals surface area (Å²) in [6.07, 6.45) is 1.13. The molecule has 0 aliphatic carbocycles. The van der Waals surface area contributed by atoms with Crippen molar-refractivity contribution in [3.05, 3.63) is 29.3 Å². The van der Waals surface area contributed by atoms with Gasteiger partial charge in [0.2, 0.25) is 0 Å². The zero-order chi connectivity index (χ0) is 9.84. The van der Waals surface area contributed by atoms with Crippen LogP contribution < -0.4 is 4.74 Å². The standard InChI is InChI=1S/C12H18O/c1-9(2)7-11-8-12(13-4)6-5-10(11)3/h5-6,8-9H,7H2,1-4H3. The molecule has 0 radical (unpaired) electrons. The largest absolute Gasteiger partial charge is 0.497 e. The number of aryl methyl sites for hydroxylation is 1. The van der Waals surface area contributed by atoms with Crippen LogP contribution in [0, 0.1) is 12.8 Å². The van der Waals surface area contributed by atoms with Gasteiger partial charge >= 0.3 is 0 Å². The summed E-state index contributed by atoms with van der Waals surface area (Å²) in [6, 6.07) is 6.27. The number of rotatable bonds is 3. The van der Waals surface area contributed by atoms with Crippen molar-refractivity contribution in [2.75, 3.05) is 7.11 Å². The lowest BCUT2D eigenvalue weighted by molar-refractivity contribution is 0.414. The van der Waals surface area contributed by atoms with Crippen LogP contribution in [0.1, 0.15) is 25.0 Å². The number of hydrogen-bond donors (Lipinski definition) is 0. The molecule has 0 spiro atoms. The molecule has 1 aromatic carbocycles. The van der Waals surface area contributed by atoms with Crippen molar-refractivity contribution in [3.8, 4) is 5.75 Å². The predicted molar refractivity (Wildman–Crippen MR) is 56.3 cm³/mol. The van der Waals surface area contributed by atoms with Crippen LogP contribution in [0.25, 0.3) is 0 Å². The molecule has 0 saturated carbocycles. The van der Waals surface area contributed by atoms with Crippen LogP contribution in [0.4, 0.5) is 0 Å². The highest BCUT2D eigenvalue weighted by atomic mass is 16.5. The third kappa shape index (κ3) is 2.76. The molecular weight excluding hydrogens is 160 g/mol. The van der Waals surface area contributed by atoms with E-state index in [1.165, 1.54) is 11.1 Å². The summed E-state index contributed by atoms with van der Waals surface area (Å²) in [6.45, 7) is 6.62. The van der Waals surface area contributed by atoms with E-state index in [1.54, 1.807) is 7.11 Å². The van der Waals surface area contributed by atoms with Crippen LogP contribution in [0.2, 0.25) is 0 Å². The number of methoxy groups -OCH3 is 1. The summed E-state index contributed by atoms with van der Waals surface area (Å²) in [4.78, 5) is 0. The first-order valence-electron chi connectivity index (χ1n) is 4.77. The second kappa shape index (κ2) is 4.31. The maximum Gasteiger partial charge on any atom is 0.119 e.